The van der Waals surface area contributed by atoms with Gasteiger partial charge in [0.15, 0.2) is 0 Å². The highest BCUT2D eigenvalue weighted by Gasteiger charge is 2.29. The Morgan fingerprint density at radius 2 is 1.71 bits per heavy atom. The molecule has 2 aromatic rings. The van der Waals surface area contributed by atoms with Gasteiger partial charge < -0.3 is 4.90 Å². The maximum atomic E-state index is 12.2. The monoisotopic (exact) mass is 351 g/mol. The topological polar surface area (TPSA) is 87.5 Å². The van der Waals surface area contributed by atoms with E-state index in [-0.39, 0.29) is 0 Å². The molecule has 0 unspecified atom stereocenters. The predicted octanol–water partition coefficient (Wildman–Crippen LogP) is -0.101. The molecule has 0 spiro atoms. The molecule has 2 aromatic heterocycles. The molecular weight excluding hydrogens is 330 g/mol. The van der Waals surface area contributed by atoms with E-state index >= 15 is 0 Å². The van der Waals surface area contributed by atoms with Gasteiger partial charge >= 0.3 is 0 Å². The molecule has 24 heavy (non-hydrogen) atoms. The zero-order valence-corrected chi connectivity index (χ0v) is 14.8. The first-order valence-electron chi connectivity index (χ1n) is 7.64. The number of piperazine rings is 1. The number of hydrogen-bond acceptors (Lipinski definition) is 6. The van der Waals surface area contributed by atoms with Crippen molar-refractivity contribution in [2.24, 2.45) is 0 Å². The van der Waals surface area contributed by atoms with E-state index in [1.165, 1.54) is 14.9 Å². The summed E-state index contributed by atoms with van der Waals surface area (Å²) in [7, 11) is -0.265. The first-order valence-corrected chi connectivity index (χ1v) is 9.04. The van der Waals surface area contributed by atoms with Crippen molar-refractivity contribution in [2.75, 3.05) is 45.2 Å². The standard InChI is InChI=1S/C14H21N7O2S/c1-12-15-4-5-21(12)14-10-13(16-11-17-14)19-6-8-20(9-7-19)24(22,23)18(2)3/h4-5,10-11H,6-9H2,1-3H3. The smallest absolute Gasteiger partial charge is 0.281 e. The molecule has 0 N–H and O–H groups in total. The zero-order chi connectivity index (χ0) is 17.3. The summed E-state index contributed by atoms with van der Waals surface area (Å²) in [6, 6.07) is 1.89. The van der Waals surface area contributed by atoms with Crippen molar-refractivity contribution in [1.29, 1.82) is 0 Å². The fraction of sp³-hybridized carbons (Fsp3) is 0.500. The maximum Gasteiger partial charge on any atom is 0.281 e. The van der Waals surface area contributed by atoms with Crippen molar-refractivity contribution >= 4 is 16.0 Å². The summed E-state index contributed by atoms with van der Waals surface area (Å²) in [5.41, 5.74) is 0. The third kappa shape index (κ3) is 3.12. The van der Waals surface area contributed by atoms with Crippen LogP contribution in [0.25, 0.3) is 5.82 Å². The molecule has 10 heteroatoms. The lowest BCUT2D eigenvalue weighted by molar-refractivity contribution is 0.355. The molecule has 0 aromatic carbocycles. The van der Waals surface area contributed by atoms with Gasteiger partial charge in [0, 0.05) is 58.7 Å². The Morgan fingerprint density at radius 3 is 2.29 bits per heavy atom. The molecule has 3 heterocycles. The van der Waals surface area contributed by atoms with E-state index in [1.807, 2.05) is 23.8 Å². The zero-order valence-electron chi connectivity index (χ0n) is 14.0. The van der Waals surface area contributed by atoms with Crippen molar-refractivity contribution in [3.8, 4) is 5.82 Å². The van der Waals surface area contributed by atoms with E-state index in [1.54, 1.807) is 20.3 Å². The van der Waals surface area contributed by atoms with Crippen LogP contribution in [-0.2, 0) is 10.2 Å². The van der Waals surface area contributed by atoms with Gasteiger partial charge in [-0.15, -0.1) is 0 Å². The number of imidazole rings is 1. The average molecular weight is 351 g/mol. The largest absolute Gasteiger partial charge is 0.354 e. The van der Waals surface area contributed by atoms with Crippen LogP contribution < -0.4 is 4.90 Å². The Morgan fingerprint density at radius 1 is 1.04 bits per heavy atom. The van der Waals surface area contributed by atoms with Gasteiger partial charge in [0.1, 0.15) is 23.8 Å². The highest BCUT2D eigenvalue weighted by Crippen LogP contribution is 2.18. The van der Waals surface area contributed by atoms with E-state index in [4.69, 9.17) is 0 Å². The van der Waals surface area contributed by atoms with Crippen molar-refractivity contribution in [2.45, 2.75) is 6.92 Å². The summed E-state index contributed by atoms with van der Waals surface area (Å²) in [5, 5.41) is 0. The molecular formula is C14H21N7O2S. The van der Waals surface area contributed by atoms with Crippen LogP contribution in [0.4, 0.5) is 5.82 Å². The fourth-order valence-electron chi connectivity index (χ4n) is 2.64. The first-order chi connectivity index (χ1) is 11.4. The van der Waals surface area contributed by atoms with Gasteiger partial charge in [0.25, 0.3) is 10.2 Å². The minimum absolute atomic E-state index is 0.434. The molecule has 1 aliphatic rings. The Bertz CT molecular complexity index is 810. The molecule has 0 radical (unpaired) electrons. The molecule has 1 saturated heterocycles. The molecule has 3 rings (SSSR count). The summed E-state index contributed by atoms with van der Waals surface area (Å²) in [6.45, 7) is 3.96. The Hall–Kier alpha value is -2.04. The number of rotatable bonds is 4. The Labute approximate surface area is 141 Å². The average Bonchev–Trinajstić information content (AvgIpc) is 3.01. The number of nitrogens with zero attached hydrogens (tertiary/aromatic N) is 7. The third-order valence-electron chi connectivity index (χ3n) is 4.06. The summed E-state index contributed by atoms with van der Waals surface area (Å²) in [5.74, 6) is 2.38. The SMILES string of the molecule is Cc1nccn1-c1cc(N2CCN(S(=O)(=O)N(C)C)CC2)ncn1. The molecule has 0 bridgehead atoms. The lowest BCUT2D eigenvalue weighted by Gasteiger charge is -2.35. The molecule has 0 saturated carbocycles. The van der Waals surface area contributed by atoms with Gasteiger partial charge in [-0.2, -0.15) is 17.0 Å². The van der Waals surface area contributed by atoms with E-state index in [0.717, 1.165) is 17.5 Å². The Kier molecular flexibility index (Phi) is 4.52. The quantitative estimate of drug-likeness (QED) is 0.764. The number of aromatic nitrogens is 4. The second-order valence-corrected chi connectivity index (χ2v) is 7.90. The van der Waals surface area contributed by atoms with Gasteiger partial charge in [-0.05, 0) is 6.92 Å². The minimum Gasteiger partial charge on any atom is -0.354 e. The molecule has 130 valence electrons. The number of aryl methyl sites for hydroxylation is 1. The van der Waals surface area contributed by atoms with Crippen LogP contribution in [0.3, 0.4) is 0 Å². The van der Waals surface area contributed by atoms with Crippen LogP contribution in [0.1, 0.15) is 5.82 Å². The molecule has 1 fully saturated rings. The van der Waals surface area contributed by atoms with Crippen molar-refractivity contribution < 1.29 is 8.42 Å². The van der Waals surface area contributed by atoms with Crippen LogP contribution >= 0.6 is 0 Å². The highest BCUT2D eigenvalue weighted by atomic mass is 32.2. The normalized spacial score (nSPS) is 16.8. The molecule has 0 atom stereocenters. The highest BCUT2D eigenvalue weighted by molar-refractivity contribution is 7.86. The third-order valence-corrected chi connectivity index (χ3v) is 6.00. The lowest BCUT2D eigenvalue weighted by atomic mass is 10.3. The first kappa shape index (κ1) is 16.8. The van der Waals surface area contributed by atoms with E-state index in [2.05, 4.69) is 19.9 Å². The summed E-state index contributed by atoms with van der Waals surface area (Å²) in [4.78, 5) is 14.9. The maximum absolute atomic E-state index is 12.2. The van der Waals surface area contributed by atoms with Crippen molar-refractivity contribution in [3.05, 3.63) is 30.6 Å². The summed E-state index contributed by atoms with van der Waals surface area (Å²) < 4.78 is 29.0. The van der Waals surface area contributed by atoms with Gasteiger partial charge in [-0.3, -0.25) is 4.57 Å². The summed E-state index contributed by atoms with van der Waals surface area (Å²) in [6.07, 6.45) is 5.10. The van der Waals surface area contributed by atoms with Gasteiger partial charge in [0.05, 0.1) is 0 Å². The molecule has 0 aliphatic carbocycles. The van der Waals surface area contributed by atoms with Crippen molar-refractivity contribution in [1.82, 2.24) is 28.1 Å². The van der Waals surface area contributed by atoms with Crippen LogP contribution in [0.15, 0.2) is 24.8 Å². The predicted molar refractivity (Wildman–Crippen MR) is 90.3 cm³/mol. The summed E-state index contributed by atoms with van der Waals surface area (Å²) >= 11 is 0. The minimum atomic E-state index is -3.36. The molecule has 0 amide bonds. The number of anilines is 1. The Balaban J connectivity index is 1.75. The lowest BCUT2D eigenvalue weighted by Crippen LogP contribution is -2.51. The van der Waals surface area contributed by atoms with Gasteiger partial charge in [-0.1, -0.05) is 0 Å². The molecule has 9 nitrogen and oxygen atoms in total. The van der Waals surface area contributed by atoms with Crippen molar-refractivity contribution in [3.63, 3.8) is 0 Å². The fourth-order valence-corrected chi connectivity index (χ4v) is 3.73. The van der Waals surface area contributed by atoms with Crippen LogP contribution in [0.5, 0.6) is 0 Å². The van der Waals surface area contributed by atoms with E-state index < -0.39 is 10.2 Å². The number of hydrogen-bond donors (Lipinski definition) is 0. The van der Waals surface area contributed by atoms with Crippen LogP contribution in [0.2, 0.25) is 0 Å². The second kappa shape index (κ2) is 6.46. The van der Waals surface area contributed by atoms with Crippen LogP contribution in [-0.4, -0.2) is 76.8 Å². The second-order valence-electron chi connectivity index (χ2n) is 5.76. The van der Waals surface area contributed by atoms with Crippen LogP contribution in [0, 0.1) is 6.92 Å². The van der Waals surface area contributed by atoms with E-state index in [0.29, 0.717) is 26.2 Å². The van der Waals surface area contributed by atoms with Gasteiger partial charge in [-0.25, -0.2) is 15.0 Å². The molecule has 1 aliphatic heterocycles. The van der Waals surface area contributed by atoms with Gasteiger partial charge in [0.2, 0.25) is 0 Å². The van der Waals surface area contributed by atoms with E-state index in [9.17, 15) is 8.42 Å².